The van der Waals surface area contributed by atoms with Gasteiger partial charge in [0.15, 0.2) is 0 Å². The number of aromatic nitrogens is 1. The number of carbonyl (C=O) groups excluding carboxylic acids is 1. The molecular formula is C20H23N3O3. The number of nitrogens with zero attached hydrogens (tertiary/aromatic N) is 2. The fourth-order valence-corrected chi connectivity index (χ4v) is 4.74. The second-order valence-corrected chi connectivity index (χ2v) is 7.78. The van der Waals surface area contributed by atoms with E-state index in [9.17, 15) is 4.79 Å². The summed E-state index contributed by atoms with van der Waals surface area (Å²) >= 11 is 0. The minimum Gasteiger partial charge on any atom is -0.444 e. The van der Waals surface area contributed by atoms with Crippen LogP contribution in [-0.4, -0.2) is 41.2 Å². The Balaban J connectivity index is 1.31. The third-order valence-electron chi connectivity index (χ3n) is 6.08. The van der Waals surface area contributed by atoms with E-state index in [1.165, 1.54) is 0 Å². The van der Waals surface area contributed by atoms with Crippen LogP contribution >= 0.6 is 0 Å². The fourth-order valence-electron chi connectivity index (χ4n) is 4.74. The van der Waals surface area contributed by atoms with Gasteiger partial charge in [0.2, 0.25) is 5.89 Å². The topological polar surface area (TPSA) is 67.6 Å². The number of carbonyl (C=O) groups is 1. The minimum absolute atomic E-state index is 0.0304. The van der Waals surface area contributed by atoms with Crippen LogP contribution in [0.15, 0.2) is 28.9 Å². The second-order valence-electron chi connectivity index (χ2n) is 7.78. The van der Waals surface area contributed by atoms with E-state index in [1.807, 2.05) is 36.9 Å². The number of amides is 2. The van der Waals surface area contributed by atoms with Gasteiger partial charge < -0.3 is 19.4 Å². The van der Waals surface area contributed by atoms with Crippen molar-refractivity contribution in [2.45, 2.75) is 38.9 Å². The molecule has 2 aromatic rings. The number of aryl methyl sites for hydroxylation is 2. The van der Waals surface area contributed by atoms with Crippen LogP contribution in [0.2, 0.25) is 0 Å². The zero-order valence-corrected chi connectivity index (χ0v) is 15.1. The standard InChI is InChI=1S/C20H23N3O3/c1-11-3-4-13(7-14(11)19-21-12(2)10-25-19)22-20(24)23-8-15-16(9-23)18-6-5-17(15)26-18/h3-4,7,10,15-18H,5-6,8-9H2,1-2H3,(H,22,24). The highest BCUT2D eigenvalue weighted by Gasteiger charge is 2.53. The molecule has 3 fully saturated rings. The molecule has 0 saturated carbocycles. The summed E-state index contributed by atoms with van der Waals surface area (Å²) < 4.78 is 11.5. The Morgan fingerprint density at radius 1 is 1.19 bits per heavy atom. The fraction of sp³-hybridized carbons (Fsp3) is 0.500. The number of anilines is 1. The number of hydrogen-bond donors (Lipinski definition) is 1. The van der Waals surface area contributed by atoms with Gasteiger partial charge in [-0.1, -0.05) is 6.07 Å². The summed E-state index contributed by atoms with van der Waals surface area (Å²) in [6, 6.07) is 5.81. The van der Waals surface area contributed by atoms with Crippen molar-refractivity contribution in [1.29, 1.82) is 0 Å². The number of rotatable bonds is 2. The first kappa shape index (κ1) is 15.9. The molecule has 1 aromatic carbocycles. The van der Waals surface area contributed by atoms with Gasteiger partial charge in [0.05, 0.1) is 17.9 Å². The highest BCUT2D eigenvalue weighted by Crippen LogP contribution is 2.47. The predicted octanol–water partition coefficient (Wildman–Crippen LogP) is 3.60. The average Bonchev–Trinajstić information content (AvgIpc) is 3.38. The summed E-state index contributed by atoms with van der Waals surface area (Å²) in [6.07, 6.45) is 4.67. The van der Waals surface area contributed by atoms with Crippen LogP contribution in [0.25, 0.3) is 11.5 Å². The lowest BCUT2D eigenvalue weighted by Crippen LogP contribution is -2.35. The number of ether oxygens (including phenoxy) is 1. The maximum Gasteiger partial charge on any atom is 0.321 e. The molecule has 1 N–H and O–H groups in total. The van der Waals surface area contributed by atoms with Crippen LogP contribution < -0.4 is 5.32 Å². The molecule has 3 saturated heterocycles. The van der Waals surface area contributed by atoms with Crippen molar-refractivity contribution in [2.75, 3.05) is 18.4 Å². The molecule has 0 radical (unpaired) electrons. The van der Waals surface area contributed by atoms with E-state index in [0.29, 0.717) is 29.9 Å². The van der Waals surface area contributed by atoms with E-state index in [-0.39, 0.29) is 6.03 Å². The first-order valence-corrected chi connectivity index (χ1v) is 9.33. The molecule has 4 atom stereocenters. The Morgan fingerprint density at radius 3 is 2.58 bits per heavy atom. The SMILES string of the molecule is Cc1coc(-c2cc(NC(=O)N3CC4C5CCC(O5)C4C3)ccc2C)n1. The normalized spacial score (nSPS) is 29.2. The van der Waals surface area contributed by atoms with Crippen molar-refractivity contribution in [1.82, 2.24) is 9.88 Å². The van der Waals surface area contributed by atoms with Gasteiger partial charge in [-0.3, -0.25) is 0 Å². The van der Waals surface area contributed by atoms with Crippen LogP contribution in [0, 0.1) is 25.7 Å². The van der Waals surface area contributed by atoms with Gasteiger partial charge in [-0.05, 0) is 44.4 Å². The summed E-state index contributed by atoms with van der Waals surface area (Å²) in [5, 5.41) is 3.04. The van der Waals surface area contributed by atoms with Gasteiger partial charge >= 0.3 is 6.03 Å². The van der Waals surface area contributed by atoms with Crippen molar-refractivity contribution in [2.24, 2.45) is 11.8 Å². The van der Waals surface area contributed by atoms with E-state index >= 15 is 0 Å². The van der Waals surface area contributed by atoms with E-state index in [1.54, 1.807) is 6.26 Å². The third-order valence-corrected chi connectivity index (χ3v) is 6.08. The molecule has 26 heavy (non-hydrogen) atoms. The van der Waals surface area contributed by atoms with Crippen LogP contribution in [0.5, 0.6) is 0 Å². The highest BCUT2D eigenvalue weighted by atomic mass is 16.5. The van der Waals surface area contributed by atoms with Gasteiger partial charge in [0, 0.05) is 36.2 Å². The maximum atomic E-state index is 12.8. The van der Waals surface area contributed by atoms with E-state index < -0.39 is 0 Å². The summed E-state index contributed by atoms with van der Waals surface area (Å²) in [7, 11) is 0. The lowest BCUT2D eigenvalue weighted by atomic mass is 9.82. The Morgan fingerprint density at radius 2 is 1.92 bits per heavy atom. The minimum atomic E-state index is -0.0304. The maximum absolute atomic E-state index is 12.8. The molecular weight excluding hydrogens is 330 g/mol. The average molecular weight is 353 g/mol. The Bertz CT molecular complexity index is 844. The zero-order valence-electron chi connectivity index (χ0n) is 15.1. The Kier molecular flexibility index (Phi) is 3.57. The number of likely N-dealkylation sites (tertiary alicyclic amines) is 1. The summed E-state index contributed by atoms with van der Waals surface area (Å²) in [6.45, 7) is 5.51. The molecule has 4 unspecified atom stereocenters. The molecule has 5 rings (SSSR count). The Hall–Kier alpha value is -2.34. The molecule has 2 bridgehead atoms. The zero-order chi connectivity index (χ0) is 17.8. The lowest BCUT2D eigenvalue weighted by molar-refractivity contribution is 0.0747. The largest absolute Gasteiger partial charge is 0.444 e. The van der Waals surface area contributed by atoms with Gasteiger partial charge in [-0.25, -0.2) is 9.78 Å². The quantitative estimate of drug-likeness (QED) is 0.896. The highest BCUT2D eigenvalue weighted by molar-refractivity contribution is 5.90. The van der Waals surface area contributed by atoms with E-state index in [0.717, 1.165) is 48.4 Å². The van der Waals surface area contributed by atoms with Gasteiger partial charge in [-0.15, -0.1) is 0 Å². The number of nitrogens with one attached hydrogen (secondary N) is 1. The number of hydrogen-bond acceptors (Lipinski definition) is 4. The van der Waals surface area contributed by atoms with Crippen molar-refractivity contribution < 1.29 is 13.9 Å². The number of urea groups is 1. The van der Waals surface area contributed by atoms with Gasteiger partial charge in [0.25, 0.3) is 0 Å². The number of oxazole rings is 1. The summed E-state index contributed by atoms with van der Waals surface area (Å²) in [4.78, 5) is 19.1. The number of fused-ring (bicyclic) bond motifs is 5. The first-order chi connectivity index (χ1) is 12.6. The molecule has 2 amide bonds. The number of benzene rings is 1. The van der Waals surface area contributed by atoms with Crippen LogP contribution in [0.4, 0.5) is 10.5 Å². The molecule has 0 aliphatic carbocycles. The monoisotopic (exact) mass is 353 g/mol. The molecule has 6 heteroatoms. The third kappa shape index (κ3) is 2.51. The van der Waals surface area contributed by atoms with E-state index in [2.05, 4.69) is 10.3 Å². The van der Waals surface area contributed by atoms with Crippen molar-refractivity contribution in [3.05, 3.63) is 35.7 Å². The van der Waals surface area contributed by atoms with Crippen molar-refractivity contribution in [3.8, 4) is 11.5 Å². The molecule has 136 valence electrons. The molecule has 3 aliphatic rings. The molecule has 0 spiro atoms. The van der Waals surface area contributed by atoms with Gasteiger partial charge in [0.1, 0.15) is 6.26 Å². The first-order valence-electron chi connectivity index (χ1n) is 9.33. The molecule has 4 heterocycles. The lowest BCUT2D eigenvalue weighted by Gasteiger charge is -2.19. The van der Waals surface area contributed by atoms with Crippen molar-refractivity contribution in [3.63, 3.8) is 0 Å². The summed E-state index contributed by atoms with van der Waals surface area (Å²) in [5.41, 5.74) is 3.58. The van der Waals surface area contributed by atoms with Gasteiger partial charge in [-0.2, -0.15) is 0 Å². The van der Waals surface area contributed by atoms with Crippen molar-refractivity contribution >= 4 is 11.7 Å². The second kappa shape index (κ2) is 5.84. The molecule has 6 nitrogen and oxygen atoms in total. The smallest absolute Gasteiger partial charge is 0.321 e. The molecule has 1 aromatic heterocycles. The van der Waals surface area contributed by atoms with Crippen LogP contribution in [0.1, 0.15) is 24.1 Å². The van der Waals surface area contributed by atoms with E-state index in [4.69, 9.17) is 9.15 Å². The summed E-state index contributed by atoms with van der Waals surface area (Å²) in [5.74, 6) is 1.62. The predicted molar refractivity (Wildman–Crippen MR) is 96.9 cm³/mol. The molecule has 3 aliphatic heterocycles. The van der Waals surface area contributed by atoms with Crippen LogP contribution in [0.3, 0.4) is 0 Å². The van der Waals surface area contributed by atoms with Crippen LogP contribution in [-0.2, 0) is 4.74 Å². The Labute approximate surface area is 152 Å².